The van der Waals surface area contributed by atoms with Gasteiger partial charge in [0.25, 0.3) is 0 Å². The molecular weight excluding hydrogens is 891 g/mol. The normalized spacial score (nSPS) is 11.5. The van der Waals surface area contributed by atoms with E-state index in [-0.39, 0.29) is 20.1 Å². The molecule has 8 aromatic rings. The number of nitrogens with zero attached hydrogens (tertiary/aromatic N) is 2. The summed E-state index contributed by atoms with van der Waals surface area (Å²) in [5.74, 6) is -0.317. The van der Waals surface area contributed by atoms with Crippen molar-refractivity contribution in [1.82, 2.24) is 9.97 Å². The molecule has 3 nitrogen and oxygen atoms in total. The average Bonchev–Trinajstić information content (AvgIpc) is 3.56. The van der Waals surface area contributed by atoms with Crippen LogP contribution in [0.15, 0.2) is 132 Å². The molecule has 0 atom stereocenters. The van der Waals surface area contributed by atoms with Gasteiger partial charge in [-0.25, -0.2) is 8.78 Å². The van der Waals surface area contributed by atoms with Crippen LogP contribution in [0.4, 0.5) is 8.78 Å². The van der Waals surface area contributed by atoms with Crippen LogP contribution < -0.4 is 5.19 Å². The smallest absolute Gasteiger partial charge is 0.133 e. The monoisotopic (exact) mass is 935 g/mol. The Hall–Kier alpha value is -5.07. The first kappa shape index (κ1) is 40.6. The second kappa shape index (κ2) is 17.0. The van der Waals surface area contributed by atoms with E-state index in [1.165, 1.54) is 39.6 Å². The van der Waals surface area contributed by atoms with E-state index in [1.807, 2.05) is 42.5 Å². The summed E-state index contributed by atoms with van der Waals surface area (Å²) in [5.41, 5.74) is 11.0. The van der Waals surface area contributed by atoms with Crippen molar-refractivity contribution in [3.63, 3.8) is 0 Å². The predicted molar refractivity (Wildman–Crippen MR) is 226 cm³/mol. The van der Waals surface area contributed by atoms with E-state index in [2.05, 4.69) is 119 Å². The van der Waals surface area contributed by atoms with Crippen LogP contribution in [-0.4, -0.2) is 18.0 Å². The third kappa shape index (κ3) is 8.66. The molecule has 0 aliphatic heterocycles. The molecule has 7 heteroatoms. The standard InChI is InChI=1S/C26H18F2NO.C23H26NSi.Ir/c1-15(2)16-10-11-29-24(12-16)22-5-3-4-21-20-8-6-17(13-25(20)30-26(21)22)19-9-7-18(27)14-23(19)28;1-17(2)21-15-22(24-16-23(21)25(3,4)5)20-13-9-12-19(14-20)18-10-7-6-8-11-18;/h3-4,6-15H,1-2H3;6-12,14-17H,1-5H3;/q2*-1;. The molecule has 0 saturated carbocycles. The number of pyridine rings is 2. The maximum Gasteiger partial charge on any atom is 0.133 e. The van der Waals surface area contributed by atoms with Crippen molar-refractivity contribution in [2.24, 2.45) is 0 Å². The third-order valence-corrected chi connectivity index (χ3v) is 12.0. The van der Waals surface area contributed by atoms with Gasteiger partial charge in [0.15, 0.2) is 0 Å². The van der Waals surface area contributed by atoms with Crippen molar-refractivity contribution >= 4 is 35.2 Å². The Bertz CT molecular complexity index is 2630. The molecule has 3 aromatic heterocycles. The van der Waals surface area contributed by atoms with Gasteiger partial charge < -0.3 is 14.4 Å². The van der Waals surface area contributed by atoms with Gasteiger partial charge >= 0.3 is 0 Å². The Labute approximate surface area is 343 Å². The van der Waals surface area contributed by atoms with Crippen LogP contribution in [-0.2, 0) is 20.1 Å². The first-order chi connectivity index (χ1) is 26.4. The second-order valence-corrected chi connectivity index (χ2v) is 20.6. The minimum absolute atomic E-state index is 0. The van der Waals surface area contributed by atoms with Crippen LogP contribution in [0.3, 0.4) is 0 Å². The molecular formula is C49H44F2IrN2OSi-2. The van der Waals surface area contributed by atoms with Crippen LogP contribution in [0, 0.1) is 23.8 Å². The van der Waals surface area contributed by atoms with E-state index in [0.717, 1.165) is 39.4 Å². The largest absolute Gasteiger partial charge is 0.501 e. The Morgan fingerprint density at radius 2 is 1.43 bits per heavy atom. The number of furan rings is 1. The average molecular weight is 935 g/mol. The zero-order valence-corrected chi connectivity index (χ0v) is 36.1. The maximum atomic E-state index is 14.2. The maximum absolute atomic E-state index is 14.2. The van der Waals surface area contributed by atoms with Gasteiger partial charge in [-0.3, -0.25) is 0 Å². The molecule has 0 aliphatic carbocycles. The van der Waals surface area contributed by atoms with Crippen molar-refractivity contribution < 1.29 is 33.3 Å². The van der Waals surface area contributed by atoms with Gasteiger partial charge in [-0.15, -0.1) is 53.6 Å². The minimum Gasteiger partial charge on any atom is -0.501 e. The van der Waals surface area contributed by atoms with E-state index < -0.39 is 19.7 Å². The fourth-order valence-electron chi connectivity index (χ4n) is 6.91. The van der Waals surface area contributed by atoms with E-state index in [4.69, 9.17) is 9.40 Å². The van der Waals surface area contributed by atoms with E-state index in [9.17, 15) is 8.78 Å². The fraction of sp³-hybridized carbons (Fsp3) is 0.184. The summed E-state index contributed by atoms with van der Waals surface area (Å²) >= 11 is 0. The molecule has 0 aliphatic rings. The first-order valence-electron chi connectivity index (χ1n) is 18.7. The molecule has 3 heterocycles. The fourth-order valence-corrected chi connectivity index (χ4v) is 8.59. The van der Waals surface area contributed by atoms with Crippen LogP contribution in [0.2, 0.25) is 19.6 Å². The van der Waals surface area contributed by atoms with Gasteiger partial charge in [0.2, 0.25) is 0 Å². The van der Waals surface area contributed by atoms with Crippen molar-refractivity contribution in [2.45, 2.75) is 59.2 Å². The van der Waals surface area contributed by atoms with Gasteiger partial charge in [-0.05, 0) is 63.8 Å². The van der Waals surface area contributed by atoms with Crippen LogP contribution in [0.25, 0.3) is 66.7 Å². The zero-order chi connectivity index (χ0) is 38.9. The number of rotatable bonds is 7. The summed E-state index contributed by atoms with van der Waals surface area (Å²) in [6, 6.07) is 42.7. The molecule has 8 rings (SSSR count). The molecule has 56 heavy (non-hydrogen) atoms. The van der Waals surface area contributed by atoms with E-state index >= 15 is 0 Å². The molecule has 0 bridgehead atoms. The molecule has 1 radical (unpaired) electrons. The first-order valence-corrected chi connectivity index (χ1v) is 22.2. The Morgan fingerprint density at radius 3 is 2.14 bits per heavy atom. The number of hydrogen-bond donors (Lipinski definition) is 0. The number of aromatic nitrogens is 2. The SMILES string of the molecule is CC(C)c1cc(-c2[c-]ccc(-c3ccccc3)c2)ncc1[Si](C)(C)C.CC(C)c1ccnc(-c2[c-]ccc3c2oc2cc(-c4ccc(F)cc4F)ccc23)c1.[Ir]. The number of fused-ring (bicyclic) bond motifs is 3. The Kier molecular flexibility index (Phi) is 12.3. The molecule has 0 N–H and O–H groups in total. The summed E-state index contributed by atoms with van der Waals surface area (Å²) in [5, 5.41) is 3.33. The van der Waals surface area contributed by atoms with Crippen molar-refractivity contribution in [2.75, 3.05) is 0 Å². The van der Waals surface area contributed by atoms with Gasteiger partial charge in [-0.1, -0.05) is 124 Å². The van der Waals surface area contributed by atoms with Gasteiger partial charge in [0.1, 0.15) is 17.2 Å². The third-order valence-electron chi connectivity index (χ3n) is 9.93. The number of hydrogen-bond acceptors (Lipinski definition) is 3. The summed E-state index contributed by atoms with van der Waals surface area (Å²) in [7, 11) is -1.40. The molecule has 0 amide bonds. The van der Waals surface area contributed by atoms with Crippen molar-refractivity contribution in [3.8, 4) is 44.8 Å². The van der Waals surface area contributed by atoms with Crippen LogP contribution in [0.5, 0.6) is 0 Å². The van der Waals surface area contributed by atoms with E-state index in [1.54, 1.807) is 12.3 Å². The van der Waals surface area contributed by atoms with Crippen molar-refractivity contribution in [3.05, 3.63) is 163 Å². The molecule has 0 unspecified atom stereocenters. The van der Waals surface area contributed by atoms with Crippen molar-refractivity contribution in [1.29, 1.82) is 0 Å². The molecule has 0 spiro atoms. The summed E-state index contributed by atoms with van der Waals surface area (Å²) < 4.78 is 33.7. The molecule has 285 valence electrons. The second-order valence-electron chi connectivity index (χ2n) is 15.6. The van der Waals surface area contributed by atoms with E-state index in [0.29, 0.717) is 34.1 Å². The molecule has 0 saturated heterocycles. The Balaban J connectivity index is 0.000000190. The van der Waals surface area contributed by atoms with Crippen LogP contribution >= 0.6 is 0 Å². The summed E-state index contributed by atoms with van der Waals surface area (Å²) in [6.07, 6.45) is 3.91. The number of benzene rings is 5. The minimum atomic E-state index is -1.40. The van der Waals surface area contributed by atoms with Crippen LogP contribution in [0.1, 0.15) is 50.7 Å². The summed E-state index contributed by atoms with van der Waals surface area (Å²) in [4.78, 5) is 9.32. The van der Waals surface area contributed by atoms with Gasteiger partial charge in [0.05, 0.1) is 13.7 Å². The van der Waals surface area contributed by atoms with Gasteiger partial charge in [-0.2, -0.15) is 0 Å². The molecule has 0 fully saturated rings. The summed E-state index contributed by atoms with van der Waals surface area (Å²) in [6.45, 7) is 16.0. The van der Waals surface area contributed by atoms with Gasteiger partial charge in [0, 0.05) is 49.5 Å². The number of halogens is 2. The zero-order valence-electron chi connectivity index (χ0n) is 32.7. The topological polar surface area (TPSA) is 38.9 Å². The molecule has 5 aromatic carbocycles. The Morgan fingerprint density at radius 1 is 0.661 bits per heavy atom. The predicted octanol–water partition coefficient (Wildman–Crippen LogP) is 13.4. The quantitative estimate of drug-likeness (QED) is 0.118.